The molecule has 1 fully saturated rings. The van der Waals surface area contributed by atoms with Crippen LogP contribution in [0.4, 0.5) is 17.6 Å². The highest BCUT2D eigenvalue weighted by Crippen LogP contribution is 2.43. The summed E-state index contributed by atoms with van der Waals surface area (Å²) in [5.74, 6) is -0.174. The van der Waals surface area contributed by atoms with E-state index in [0.717, 1.165) is 25.0 Å². The quantitative estimate of drug-likeness (QED) is 0.377. The van der Waals surface area contributed by atoms with E-state index in [-0.39, 0.29) is 18.2 Å². The largest absolute Gasteiger partial charge is 0.416 e. The summed E-state index contributed by atoms with van der Waals surface area (Å²) in [6.07, 6.45) is 1.78. The minimum absolute atomic E-state index is 0.0444. The van der Waals surface area contributed by atoms with Gasteiger partial charge in [-0.1, -0.05) is 12.1 Å². The molecule has 0 aliphatic heterocycles. The Morgan fingerprint density at radius 2 is 1.97 bits per heavy atom. The molecule has 2 aromatic carbocycles. The highest BCUT2D eigenvalue weighted by molar-refractivity contribution is 5.95. The number of nitrogens with zero attached hydrogens (tertiary/aromatic N) is 4. The van der Waals surface area contributed by atoms with E-state index in [0.29, 0.717) is 28.3 Å². The maximum Gasteiger partial charge on any atom is 0.416 e. The number of aryl methyl sites for hydroxylation is 1. The van der Waals surface area contributed by atoms with Crippen LogP contribution in [0, 0.1) is 12.7 Å². The maximum absolute atomic E-state index is 14.7. The number of hydrogen-bond donors (Lipinski definition) is 1. The third-order valence-corrected chi connectivity index (χ3v) is 5.98. The first-order chi connectivity index (χ1) is 16.7. The molecule has 0 bridgehead atoms. The number of benzene rings is 2. The van der Waals surface area contributed by atoms with Crippen LogP contribution in [0.3, 0.4) is 0 Å². The third-order valence-electron chi connectivity index (χ3n) is 5.98. The van der Waals surface area contributed by atoms with Crippen LogP contribution < -0.4 is 5.32 Å². The number of hydrogen-bond acceptors (Lipinski definition) is 3. The Hall–Kier alpha value is -3.95. The zero-order valence-electron chi connectivity index (χ0n) is 18.7. The van der Waals surface area contributed by atoms with Gasteiger partial charge in [-0.2, -0.15) is 18.3 Å². The van der Waals surface area contributed by atoms with Crippen molar-refractivity contribution >= 4 is 5.91 Å². The molecule has 6 nitrogen and oxygen atoms in total. The standard InChI is InChI=1S/C25H21F4N5O/c1-15-30-9-10-33(15)22-8-5-16(11-21(22)26)13-31-24(35)20-14-32-34(23(20)17-6-7-17)19-4-2-3-18(12-19)25(27,28)29/h2-5,8-12,14,17H,6-7,13H2,1H3,(H,31,35). The molecule has 5 rings (SSSR count). The Morgan fingerprint density at radius 3 is 2.63 bits per heavy atom. The first-order valence-electron chi connectivity index (χ1n) is 11.0. The summed E-state index contributed by atoms with van der Waals surface area (Å²) >= 11 is 0. The van der Waals surface area contributed by atoms with E-state index in [1.165, 1.54) is 29.1 Å². The fourth-order valence-corrected chi connectivity index (χ4v) is 4.07. The lowest BCUT2D eigenvalue weighted by molar-refractivity contribution is -0.137. The fourth-order valence-electron chi connectivity index (χ4n) is 4.07. The topological polar surface area (TPSA) is 64.7 Å². The number of alkyl halides is 3. The smallest absolute Gasteiger partial charge is 0.348 e. The SMILES string of the molecule is Cc1nccn1-c1ccc(CNC(=O)c2cnn(-c3cccc(C(F)(F)F)c3)c2C2CC2)cc1F. The second-order valence-electron chi connectivity index (χ2n) is 8.49. The lowest BCUT2D eigenvalue weighted by Gasteiger charge is -2.12. The van der Waals surface area contributed by atoms with Crippen LogP contribution >= 0.6 is 0 Å². The van der Waals surface area contributed by atoms with Crippen LogP contribution in [0.1, 0.15) is 51.8 Å². The van der Waals surface area contributed by atoms with Crippen molar-refractivity contribution in [1.82, 2.24) is 24.6 Å². The van der Waals surface area contributed by atoms with E-state index < -0.39 is 23.5 Å². The lowest BCUT2D eigenvalue weighted by atomic mass is 10.1. The predicted molar refractivity (Wildman–Crippen MR) is 120 cm³/mol. The molecule has 1 N–H and O–H groups in total. The van der Waals surface area contributed by atoms with Gasteiger partial charge in [0.05, 0.1) is 34.4 Å². The second kappa shape index (κ2) is 8.68. The molecule has 35 heavy (non-hydrogen) atoms. The van der Waals surface area contributed by atoms with E-state index in [9.17, 15) is 22.4 Å². The molecule has 1 saturated carbocycles. The monoisotopic (exact) mass is 483 g/mol. The van der Waals surface area contributed by atoms with Crippen molar-refractivity contribution in [3.63, 3.8) is 0 Å². The summed E-state index contributed by atoms with van der Waals surface area (Å²) in [4.78, 5) is 17.1. The molecule has 1 aliphatic rings. The van der Waals surface area contributed by atoms with Crippen molar-refractivity contribution in [2.24, 2.45) is 0 Å². The van der Waals surface area contributed by atoms with Gasteiger partial charge in [0.25, 0.3) is 5.91 Å². The van der Waals surface area contributed by atoms with Gasteiger partial charge in [-0.05, 0) is 55.7 Å². The van der Waals surface area contributed by atoms with Crippen LogP contribution in [-0.4, -0.2) is 25.2 Å². The predicted octanol–water partition coefficient (Wildman–Crippen LogP) is 5.33. The van der Waals surface area contributed by atoms with Gasteiger partial charge >= 0.3 is 6.18 Å². The summed E-state index contributed by atoms with van der Waals surface area (Å²) in [6.45, 7) is 1.85. The second-order valence-corrected chi connectivity index (χ2v) is 8.49. The van der Waals surface area contributed by atoms with Crippen molar-refractivity contribution in [3.8, 4) is 11.4 Å². The van der Waals surface area contributed by atoms with Crippen LogP contribution in [-0.2, 0) is 12.7 Å². The Bertz CT molecular complexity index is 1400. The van der Waals surface area contributed by atoms with E-state index in [1.807, 2.05) is 0 Å². The van der Waals surface area contributed by atoms with Gasteiger partial charge in [-0.25, -0.2) is 14.1 Å². The number of nitrogens with one attached hydrogen (secondary N) is 1. The average molecular weight is 483 g/mol. The number of carbonyl (C=O) groups excluding carboxylic acids is 1. The lowest BCUT2D eigenvalue weighted by Crippen LogP contribution is -2.24. The van der Waals surface area contributed by atoms with Crippen LogP contribution in [0.25, 0.3) is 11.4 Å². The Kier molecular flexibility index (Phi) is 5.66. The molecule has 0 unspecified atom stereocenters. The van der Waals surface area contributed by atoms with Gasteiger partial charge in [0.1, 0.15) is 11.6 Å². The van der Waals surface area contributed by atoms with Gasteiger partial charge in [0, 0.05) is 24.9 Å². The van der Waals surface area contributed by atoms with Gasteiger partial charge in [0.2, 0.25) is 0 Å². The van der Waals surface area contributed by atoms with Crippen molar-refractivity contribution < 1.29 is 22.4 Å². The molecule has 10 heteroatoms. The van der Waals surface area contributed by atoms with E-state index >= 15 is 0 Å². The molecular weight excluding hydrogens is 462 g/mol. The minimum Gasteiger partial charge on any atom is -0.348 e. The van der Waals surface area contributed by atoms with Crippen molar-refractivity contribution in [3.05, 3.63) is 95.1 Å². The van der Waals surface area contributed by atoms with Crippen molar-refractivity contribution in [2.75, 3.05) is 0 Å². The molecule has 1 amide bonds. The highest BCUT2D eigenvalue weighted by Gasteiger charge is 2.34. The molecule has 0 saturated heterocycles. The number of imidazole rings is 1. The summed E-state index contributed by atoms with van der Waals surface area (Å²) < 4.78 is 57.2. The minimum atomic E-state index is -4.48. The number of aromatic nitrogens is 4. The Balaban J connectivity index is 1.36. The maximum atomic E-state index is 14.7. The van der Waals surface area contributed by atoms with Gasteiger partial charge in [-0.15, -0.1) is 0 Å². The van der Waals surface area contributed by atoms with Crippen LogP contribution in [0.2, 0.25) is 0 Å². The van der Waals surface area contributed by atoms with Crippen LogP contribution in [0.5, 0.6) is 0 Å². The third kappa shape index (κ3) is 4.55. The summed E-state index contributed by atoms with van der Waals surface area (Å²) in [7, 11) is 0. The van der Waals surface area contributed by atoms with Gasteiger partial charge in [0.15, 0.2) is 0 Å². The number of amides is 1. The van der Waals surface area contributed by atoms with E-state index in [1.54, 1.807) is 36.0 Å². The molecule has 0 atom stereocenters. The van der Waals surface area contributed by atoms with Crippen molar-refractivity contribution in [2.45, 2.75) is 38.4 Å². The van der Waals surface area contributed by atoms with Gasteiger partial charge < -0.3 is 9.88 Å². The number of carbonyl (C=O) groups is 1. The first-order valence-corrected chi connectivity index (χ1v) is 11.0. The van der Waals surface area contributed by atoms with E-state index in [2.05, 4.69) is 15.4 Å². The molecule has 4 aromatic rings. The molecule has 0 spiro atoms. The Morgan fingerprint density at radius 1 is 1.17 bits per heavy atom. The van der Waals surface area contributed by atoms with E-state index in [4.69, 9.17) is 0 Å². The van der Waals surface area contributed by atoms with Crippen molar-refractivity contribution in [1.29, 1.82) is 0 Å². The first kappa shape index (κ1) is 22.8. The molecular formula is C25H21F4N5O. The Labute approximate surface area is 198 Å². The zero-order valence-corrected chi connectivity index (χ0v) is 18.7. The van der Waals surface area contributed by atoms with Gasteiger partial charge in [-0.3, -0.25) is 4.79 Å². The zero-order chi connectivity index (χ0) is 24.7. The molecule has 2 aromatic heterocycles. The van der Waals surface area contributed by atoms with Crippen LogP contribution in [0.15, 0.2) is 61.1 Å². The number of halogens is 4. The fraction of sp³-hybridized carbons (Fsp3) is 0.240. The highest BCUT2D eigenvalue weighted by atomic mass is 19.4. The summed E-state index contributed by atoms with van der Waals surface area (Å²) in [5.41, 5.74) is 1.27. The summed E-state index contributed by atoms with van der Waals surface area (Å²) in [6, 6.07) is 9.55. The number of rotatable bonds is 6. The molecule has 2 heterocycles. The summed E-state index contributed by atoms with van der Waals surface area (Å²) in [5, 5.41) is 7.00. The molecule has 0 radical (unpaired) electrons. The molecule has 1 aliphatic carbocycles. The average Bonchev–Trinajstić information content (AvgIpc) is 3.42. The normalized spacial score (nSPS) is 13.7. The molecule has 180 valence electrons.